The summed E-state index contributed by atoms with van der Waals surface area (Å²) in [6.45, 7) is -4.95. The van der Waals surface area contributed by atoms with Crippen molar-refractivity contribution in [3.8, 4) is 0 Å². The third-order valence-corrected chi connectivity index (χ3v) is 5.08. The van der Waals surface area contributed by atoms with Gasteiger partial charge in [0.25, 0.3) is 0 Å². The average molecular weight is 359 g/mol. The van der Waals surface area contributed by atoms with Crippen molar-refractivity contribution in [1.82, 2.24) is 0 Å². The zero-order valence-electron chi connectivity index (χ0n) is 10.7. The first-order chi connectivity index (χ1) is 9.86. The molecule has 0 aliphatic heterocycles. The monoisotopic (exact) mass is 360 g/mol. The molecule has 0 atom stereocenters. The van der Waals surface area contributed by atoms with Gasteiger partial charge in [-0.2, -0.15) is 0 Å². The fourth-order valence-corrected chi connectivity index (χ4v) is 3.46. The van der Waals surface area contributed by atoms with Gasteiger partial charge < -0.3 is 0 Å². The van der Waals surface area contributed by atoms with Crippen molar-refractivity contribution >= 4 is 37.5 Å². The molecular weight excluding hydrogens is 349 g/mol. The van der Waals surface area contributed by atoms with Crippen molar-refractivity contribution in [3.63, 3.8) is 0 Å². The third kappa shape index (κ3) is 4.34. The van der Waals surface area contributed by atoms with Crippen molar-refractivity contribution in [2.24, 2.45) is 0 Å². The van der Waals surface area contributed by atoms with Crippen LogP contribution in [0.4, 0.5) is 18.6 Å². The molecule has 3 nitrogen and oxygen atoms in total. The second kappa shape index (κ2) is 6.32. The fourth-order valence-electron chi connectivity index (χ4n) is 1.66. The van der Waals surface area contributed by atoms with E-state index in [1.54, 1.807) is 12.1 Å². The molecule has 2 rings (SSSR count). The molecule has 0 unspecified atom stereocenters. The second-order valence-corrected chi connectivity index (χ2v) is 6.56. The first-order valence-electron chi connectivity index (χ1n) is 6.02. The first kappa shape index (κ1) is 15.6. The number of rotatable bonds is 5. The van der Waals surface area contributed by atoms with Crippen LogP contribution in [0.25, 0.3) is 0 Å². The van der Waals surface area contributed by atoms with Crippen LogP contribution >= 0.6 is 0 Å². The van der Waals surface area contributed by atoms with Crippen LogP contribution in [-0.2, 0) is 5.32 Å². The summed E-state index contributed by atoms with van der Waals surface area (Å²) in [6.07, 6.45) is 0. The summed E-state index contributed by atoms with van der Waals surface area (Å²) in [7, 11) is 0. The number of nitrogens with zero attached hydrogens (tertiary/aromatic N) is 1. The Morgan fingerprint density at radius 3 is 2.05 bits per heavy atom. The fraction of sp³-hybridized carbons (Fsp3) is 0.0769. The molecule has 0 amide bonds. The average Bonchev–Trinajstić information content (AvgIpc) is 2.45. The maximum atomic E-state index is 12.5. The summed E-state index contributed by atoms with van der Waals surface area (Å²) in [4.78, 5) is 10.1. The Morgan fingerprint density at radius 2 is 1.57 bits per heavy atom. The Labute approximate surface area is 125 Å². The van der Waals surface area contributed by atoms with Gasteiger partial charge in [0.1, 0.15) is 0 Å². The Kier molecular flexibility index (Phi) is 4.70. The van der Waals surface area contributed by atoms with Crippen molar-refractivity contribution in [2.45, 2.75) is 5.32 Å². The Bertz CT molecular complexity index is 629. The van der Waals surface area contributed by atoms with E-state index in [-0.39, 0.29) is 20.6 Å². The maximum absolute atomic E-state index is 12.5. The molecule has 0 N–H and O–H groups in total. The van der Waals surface area contributed by atoms with Crippen LogP contribution in [0.5, 0.6) is 0 Å². The zero-order valence-corrected chi connectivity index (χ0v) is 12.4. The molecule has 110 valence electrons. The van der Waals surface area contributed by atoms with E-state index in [9.17, 15) is 23.1 Å². The summed E-state index contributed by atoms with van der Waals surface area (Å²) in [5, 5.41) is 11.2. The van der Waals surface area contributed by atoms with Gasteiger partial charge in [-0.05, 0) is 0 Å². The Hall–Kier alpha value is -1.79. The third-order valence-electron chi connectivity index (χ3n) is 2.81. The van der Waals surface area contributed by atoms with E-state index < -0.39 is 17.4 Å². The molecule has 21 heavy (non-hydrogen) atoms. The quantitative estimate of drug-likeness (QED) is 0.467. The molecule has 0 spiro atoms. The van der Waals surface area contributed by atoms with Gasteiger partial charge >= 0.3 is 125 Å². The van der Waals surface area contributed by atoms with E-state index >= 15 is 0 Å². The molecule has 0 saturated carbocycles. The summed E-state index contributed by atoms with van der Waals surface area (Å²) < 4.78 is 38.3. The van der Waals surface area contributed by atoms with Crippen LogP contribution in [0, 0.1) is 10.1 Å². The van der Waals surface area contributed by atoms with E-state index in [1.807, 2.05) is 0 Å². The van der Waals surface area contributed by atoms with Gasteiger partial charge in [0.15, 0.2) is 0 Å². The molecule has 8 heteroatoms. The molecule has 0 aliphatic carbocycles. The molecule has 0 aromatic heterocycles. The van der Waals surface area contributed by atoms with Gasteiger partial charge in [0, 0.05) is 0 Å². The predicted octanol–water partition coefficient (Wildman–Crippen LogP) is 2.18. The summed E-state index contributed by atoms with van der Waals surface area (Å²) in [5.41, 5.74) is 0.373. The van der Waals surface area contributed by atoms with E-state index in [4.69, 9.17) is 0 Å². The van der Waals surface area contributed by atoms with Crippen molar-refractivity contribution in [1.29, 1.82) is 0 Å². The zero-order chi connectivity index (χ0) is 15.5. The van der Waals surface area contributed by atoms with Crippen LogP contribution in [-0.4, -0.2) is 26.9 Å². The Balaban J connectivity index is 1.98. The van der Waals surface area contributed by atoms with E-state index in [2.05, 4.69) is 0 Å². The molecular formula is C13H10BF3NO2Se-. The molecule has 0 radical (unpaired) electrons. The second-order valence-electron chi connectivity index (χ2n) is 4.36. The number of benzene rings is 2. The molecule has 2 aromatic rings. The normalized spacial score (nSPS) is 11.4. The van der Waals surface area contributed by atoms with Crippen LogP contribution in [0.1, 0.15) is 5.56 Å². The van der Waals surface area contributed by atoms with Crippen LogP contribution in [0.15, 0.2) is 48.5 Å². The topological polar surface area (TPSA) is 43.1 Å². The number of hydrogen-bond acceptors (Lipinski definition) is 2. The van der Waals surface area contributed by atoms with Gasteiger partial charge in [0.05, 0.1) is 0 Å². The number of halogens is 3. The standard InChI is InChI=1S/C13H10BF3NO2Se/c15-14(16,17)11-3-7-13(8-4-11)21-9-10-1-5-12(6-2-10)18(19)20/h1-8H,9H2/q-1. The minimum absolute atomic E-state index is 0.00668. The SMILES string of the molecule is O=[N+]([O-])c1ccc(C[Se]c2ccc([B-](F)(F)F)cc2)cc1. The van der Waals surface area contributed by atoms with Crippen molar-refractivity contribution in [2.75, 3.05) is 0 Å². The van der Waals surface area contributed by atoms with Crippen LogP contribution in [0.2, 0.25) is 0 Å². The van der Waals surface area contributed by atoms with E-state index in [0.29, 0.717) is 5.32 Å². The summed E-state index contributed by atoms with van der Waals surface area (Å²) >= 11 is -0.00668. The van der Waals surface area contributed by atoms with Gasteiger partial charge in [0.2, 0.25) is 0 Å². The molecule has 0 heterocycles. The predicted molar refractivity (Wildman–Crippen MR) is 77.3 cm³/mol. The minimum atomic E-state index is -4.95. The number of non-ortho nitro benzene ring substituents is 1. The number of nitro benzene ring substituents is 1. The molecule has 0 saturated heterocycles. The molecule has 0 fully saturated rings. The van der Waals surface area contributed by atoms with Crippen molar-refractivity contribution in [3.05, 3.63) is 64.2 Å². The van der Waals surface area contributed by atoms with Crippen molar-refractivity contribution < 1.29 is 17.9 Å². The van der Waals surface area contributed by atoms with Gasteiger partial charge in [-0.3, -0.25) is 0 Å². The van der Waals surface area contributed by atoms with Gasteiger partial charge in [-0.25, -0.2) is 0 Å². The van der Waals surface area contributed by atoms with Crippen LogP contribution in [0.3, 0.4) is 0 Å². The molecule has 0 aliphatic rings. The van der Waals surface area contributed by atoms with Gasteiger partial charge in [-0.15, -0.1) is 0 Å². The molecule has 0 bridgehead atoms. The molecule has 2 aromatic carbocycles. The van der Waals surface area contributed by atoms with Crippen LogP contribution < -0.4 is 9.92 Å². The van der Waals surface area contributed by atoms with E-state index in [0.717, 1.165) is 22.2 Å². The summed E-state index contributed by atoms with van der Waals surface area (Å²) in [6, 6.07) is 11.4. The number of nitro groups is 1. The first-order valence-corrected chi connectivity index (χ1v) is 8.09. The number of hydrogen-bond donors (Lipinski definition) is 0. The Morgan fingerprint density at radius 1 is 1.00 bits per heavy atom. The van der Waals surface area contributed by atoms with Gasteiger partial charge in [-0.1, -0.05) is 0 Å². The summed E-state index contributed by atoms with van der Waals surface area (Å²) in [5.74, 6) is 0. The van der Waals surface area contributed by atoms with E-state index in [1.165, 1.54) is 24.3 Å².